The van der Waals surface area contributed by atoms with Crippen LogP contribution in [0.5, 0.6) is 0 Å². The van der Waals surface area contributed by atoms with Gasteiger partial charge in [-0.25, -0.2) is 0 Å². The molecule has 0 aliphatic heterocycles. The molecule has 0 amide bonds. The molecule has 0 saturated heterocycles. The molecule has 0 aliphatic rings. The van der Waals surface area contributed by atoms with Gasteiger partial charge in [-0.05, 0) is 0 Å². The lowest BCUT2D eigenvalue weighted by molar-refractivity contribution is 0.889. The average Bonchev–Trinajstić information content (AvgIpc) is 2.05. The maximum Gasteiger partial charge on any atom is 0.0726 e. The summed E-state index contributed by atoms with van der Waals surface area (Å²) in [6, 6.07) is 0. The number of aromatic nitrogens is 2. The van der Waals surface area contributed by atoms with E-state index in [2.05, 4.69) is 9.97 Å². The molecule has 0 bridgehead atoms. The fraction of sp³-hybridized carbons (Fsp3) is 0.333. The SMILES string of the molecule is NCc1cncc(CN)n1. The summed E-state index contributed by atoms with van der Waals surface area (Å²) in [6.07, 6.45) is 3.28. The Balaban J connectivity index is 2.87. The Hall–Kier alpha value is -1.00. The third kappa shape index (κ3) is 1.49. The van der Waals surface area contributed by atoms with Crippen LogP contribution in [0.15, 0.2) is 12.4 Å². The van der Waals surface area contributed by atoms with Crippen LogP contribution in [-0.2, 0) is 13.1 Å². The molecule has 0 unspecified atom stereocenters. The lowest BCUT2D eigenvalue weighted by atomic mass is 10.4. The Morgan fingerprint density at radius 1 is 1.10 bits per heavy atom. The maximum absolute atomic E-state index is 5.33. The van der Waals surface area contributed by atoms with Gasteiger partial charge < -0.3 is 11.5 Å². The monoisotopic (exact) mass is 138 g/mol. The zero-order chi connectivity index (χ0) is 7.40. The predicted molar refractivity (Wildman–Crippen MR) is 37.8 cm³/mol. The molecule has 4 N–H and O–H groups in total. The summed E-state index contributed by atoms with van der Waals surface area (Å²) in [5.74, 6) is 0. The normalized spacial score (nSPS) is 9.80. The summed E-state index contributed by atoms with van der Waals surface area (Å²) in [4.78, 5) is 8.00. The van der Waals surface area contributed by atoms with Crippen molar-refractivity contribution in [3.63, 3.8) is 0 Å². The van der Waals surface area contributed by atoms with Gasteiger partial charge >= 0.3 is 0 Å². The molecular weight excluding hydrogens is 128 g/mol. The summed E-state index contributed by atoms with van der Waals surface area (Å²) in [5.41, 5.74) is 12.2. The molecule has 4 heteroatoms. The van der Waals surface area contributed by atoms with E-state index in [1.807, 2.05) is 0 Å². The Labute approximate surface area is 59.3 Å². The molecule has 0 aromatic carbocycles. The van der Waals surface area contributed by atoms with Crippen LogP contribution in [0.1, 0.15) is 11.4 Å². The first-order chi connectivity index (χ1) is 4.86. The molecular formula is C6H10N4. The van der Waals surface area contributed by atoms with Gasteiger partial charge in [-0.3, -0.25) is 9.97 Å². The predicted octanol–water partition coefficient (Wildman–Crippen LogP) is -0.606. The van der Waals surface area contributed by atoms with Crippen LogP contribution in [0, 0.1) is 0 Å². The zero-order valence-corrected chi connectivity index (χ0v) is 5.62. The van der Waals surface area contributed by atoms with Crippen molar-refractivity contribution in [3.05, 3.63) is 23.8 Å². The summed E-state index contributed by atoms with van der Waals surface area (Å²) in [6.45, 7) is 0.835. The highest BCUT2D eigenvalue weighted by atomic mass is 14.8. The fourth-order valence-corrected chi connectivity index (χ4v) is 0.648. The van der Waals surface area contributed by atoms with Gasteiger partial charge in [0.15, 0.2) is 0 Å². The number of nitrogens with two attached hydrogens (primary N) is 2. The molecule has 0 radical (unpaired) electrons. The lowest BCUT2D eigenvalue weighted by Crippen LogP contribution is -2.06. The van der Waals surface area contributed by atoms with E-state index in [4.69, 9.17) is 11.5 Å². The van der Waals surface area contributed by atoms with Crippen molar-refractivity contribution in [2.45, 2.75) is 13.1 Å². The quantitative estimate of drug-likeness (QED) is 0.571. The van der Waals surface area contributed by atoms with Crippen molar-refractivity contribution in [3.8, 4) is 0 Å². The standard InChI is InChI=1S/C6H10N4/c7-1-5-3-9-4-6(2-8)10-5/h3-4H,1-2,7-8H2. The van der Waals surface area contributed by atoms with Crippen LogP contribution >= 0.6 is 0 Å². The van der Waals surface area contributed by atoms with Gasteiger partial charge in [0.05, 0.1) is 11.4 Å². The highest BCUT2D eigenvalue weighted by Crippen LogP contribution is 1.92. The first-order valence-corrected chi connectivity index (χ1v) is 3.06. The van der Waals surface area contributed by atoms with Crippen molar-refractivity contribution < 1.29 is 0 Å². The third-order valence-corrected chi connectivity index (χ3v) is 1.15. The number of rotatable bonds is 2. The molecule has 0 spiro atoms. The molecule has 4 nitrogen and oxygen atoms in total. The summed E-state index contributed by atoms with van der Waals surface area (Å²) in [7, 11) is 0. The molecule has 1 aromatic heterocycles. The second kappa shape index (κ2) is 3.24. The van der Waals surface area contributed by atoms with E-state index in [9.17, 15) is 0 Å². The molecule has 1 heterocycles. The van der Waals surface area contributed by atoms with Gasteiger partial charge in [-0.1, -0.05) is 0 Å². The van der Waals surface area contributed by atoms with E-state index in [1.54, 1.807) is 12.4 Å². The number of hydrogen-bond acceptors (Lipinski definition) is 4. The third-order valence-electron chi connectivity index (χ3n) is 1.15. The second-order valence-corrected chi connectivity index (χ2v) is 1.91. The Bertz CT molecular complexity index is 191. The van der Waals surface area contributed by atoms with Crippen molar-refractivity contribution in [2.75, 3.05) is 0 Å². The van der Waals surface area contributed by atoms with E-state index in [0.29, 0.717) is 13.1 Å². The van der Waals surface area contributed by atoms with Gasteiger partial charge in [0.1, 0.15) is 0 Å². The largest absolute Gasteiger partial charge is 0.325 e. The number of hydrogen-bond donors (Lipinski definition) is 2. The van der Waals surface area contributed by atoms with Crippen molar-refractivity contribution >= 4 is 0 Å². The molecule has 0 atom stereocenters. The van der Waals surface area contributed by atoms with Crippen molar-refractivity contribution in [1.82, 2.24) is 9.97 Å². The fourth-order valence-electron chi connectivity index (χ4n) is 0.648. The minimum atomic E-state index is 0.418. The molecule has 54 valence electrons. The van der Waals surface area contributed by atoms with E-state index >= 15 is 0 Å². The topological polar surface area (TPSA) is 77.8 Å². The molecule has 1 aromatic rings. The van der Waals surface area contributed by atoms with E-state index in [1.165, 1.54) is 0 Å². The van der Waals surface area contributed by atoms with Gasteiger partial charge in [-0.2, -0.15) is 0 Å². The second-order valence-electron chi connectivity index (χ2n) is 1.91. The van der Waals surface area contributed by atoms with Crippen LogP contribution in [0.4, 0.5) is 0 Å². The van der Waals surface area contributed by atoms with Gasteiger partial charge in [0, 0.05) is 25.5 Å². The molecule has 10 heavy (non-hydrogen) atoms. The number of nitrogens with zero attached hydrogens (tertiary/aromatic N) is 2. The van der Waals surface area contributed by atoms with E-state index in [0.717, 1.165) is 11.4 Å². The minimum Gasteiger partial charge on any atom is -0.325 e. The summed E-state index contributed by atoms with van der Waals surface area (Å²) >= 11 is 0. The lowest BCUT2D eigenvalue weighted by Gasteiger charge is -1.96. The van der Waals surface area contributed by atoms with Crippen LogP contribution in [0.25, 0.3) is 0 Å². The van der Waals surface area contributed by atoms with E-state index < -0.39 is 0 Å². The Morgan fingerprint density at radius 2 is 1.60 bits per heavy atom. The Kier molecular flexibility index (Phi) is 2.30. The summed E-state index contributed by atoms with van der Waals surface area (Å²) in [5, 5.41) is 0. The van der Waals surface area contributed by atoms with Crippen molar-refractivity contribution in [2.24, 2.45) is 11.5 Å². The maximum atomic E-state index is 5.33. The van der Waals surface area contributed by atoms with Crippen LogP contribution < -0.4 is 11.5 Å². The van der Waals surface area contributed by atoms with Gasteiger partial charge in [0.2, 0.25) is 0 Å². The molecule has 0 saturated carbocycles. The first-order valence-electron chi connectivity index (χ1n) is 3.06. The summed E-state index contributed by atoms with van der Waals surface area (Å²) < 4.78 is 0. The molecule has 0 fully saturated rings. The Morgan fingerprint density at radius 3 is 2.00 bits per heavy atom. The highest BCUT2D eigenvalue weighted by Gasteiger charge is 1.92. The van der Waals surface area contributed by atoms with Gasteiger partial charge in [-0.15, -0.1) is 0 Å². The molecule has 0 aliphatic carbocycles. The van der Waals surface area contributed by atoms with Gasteiger partial charge in [0.25, 0.3) is 0 Å². The average molecular weight is 138 g/mol. The van der Waals surface area contributed by atoms with Crippen molar-refractivity contribution in [1.29, 1.82) is 0 Å². The zero-order valence-electron chi connectivity index (χ0n) is 5.62. The minimum absolute atomic E-state index is 0.418. The van der Waals surface area contributed by atoms with E-state index in [-0.39, 0.29) is 0 Å². The highest BCUT2D eigenvalue weighted by molar-refractivity contribution is 5.01. The smallest absolute Gasteiger partial charge is 0.0726 e. The van der Waals surface area contributed by atoms with Crippen LogP contribution in [0.2, 0.25) is 0 Å². The van der Waals surface area contributed by atoms with Crippen LogP contribution in [-0.4, -0.2) is 9.97 Å². The first kappa shape index (κ1) is 7.11. The van der Waals surface area contributed by atoms with Crippen LogP contribution in [0.3, 0.4) is 0 Å². The molecule has 1 rings (SSSR count).